The van der Waals surface area contributed by atoms with Crippen molar-refractivity contribution in [1.29, 1.82) is 0 Å². The minimum atomic E-state index is -4.23. The van der Waals surface area contributed by atoms with Gasteiger partial charge in [-0.3, -0.25) is 0 Å². The number of unbranched alkanes of at least 4 members (excludes halogenated alkanes) is 2. The van der Waals surface area contributed by atoms with Crippen LogP contribution in [0.2, 0.25) is 0 Å². The number of ether oxygens (including phenoxy) is 1. The van der Waals surface area contributed by atoms with E-state index >= 15 is 0 Å². The van der Waals surface area contributed by atoms with Gasteiger partial charge in [-0.05, 0) is 39.3 Å². The van der Waals surface area contributed by atoms with Crippen LogP contribution in [0.15, 0.2) is 0 Å². The van der Waals surface area contributed by atoms with E-state index in [4.69, 9.17) is 5.11 Å². The molecule has 0 aromatic carbocycles. The Labute approximate surface area is 101 Å². The molecule has 6 heteroatoms. The lowest BCUT2D eigenvalue weighted by atomic mass is 10.2. The van der Waals surface area contributed by atoms with Crippen LogP contribution in [0, 0.1) is 0 Å². The molecular weight excluding hydrogens is 235 g/mol. The van der Waals surface area contributed by atoms with Gasteiger partial charge in [-0.1, -0.05) is 0 Å². The molecule has 0 rings (SSSR count). The van der Waals surface area contributed by atoms with Crippen LogP contribution in [-0.2, 0) is 4.74 Å². The molecule has 0 spiro atoms. The third kappa shape index (κ3) is 13.6. The Bertz CT molecular complexity index is 177. The molecule has 17 heavy (non-hydrogen) atoms. The largest absolute Gasteiger partial charge is 0.411 e. The number of alkyl halides is 3. The van der Waals surface area contributed by atoms with Crippen LogP contribution in [0.4, 0.5) is 13.2 Å². The summed E-state index contributed by atoms with van der Waals surface area (Å²) in [4.78, 5) is 2.06. The molecule has 0 aliphatic rings. The van der Waals surface area contributed by atoms with Crippen LogP contribution < -0.4 is 0 Å². The molecule has 0 fully saturated rings. The van der Waals surface area contributed by atoms with Gasteiger partial charge < -0.3 is 14.7 Å². The fourth-order valence-electron chi connectivity index (χ4n) is 1.41. The summed E-state index contributed by atoms with van der Waals surface area (Å²) in [5, 5.41) is 8.58. The van der Waals surface area contributed by atoms with E-state index in [9.17, 15) is 13.2 Å². The number of rotatable bonds is 10. The average molecular weight is 257 g/mol. The van der Waals surface area contributed by atoms with Gasteiger partial charge in [0.05, 0.1) is 0 Å². The van der Waals surface area contributed by atoms with Gasteiger partial charge in [0.25, 0.3) is 0 Å². The first-order chi connectivity index (χ1) is 7.95. The Morgan fingerprint density at radius 3 is 2.29 bits per heavy atom. The Morgan fingerprint density at radius 2 is 1.71 bits per heavy atom. The van der Waals surface area contributed by atoms with Gasteiger partial charge in [0.1, 0.15) is 6.61 Å². The van der Waals surface area contributed by atoms with E-state index in [0.717, 1.165) is 32.4 Å². The summed E-state index contributed by atoms with van der Waals surface area (Å²) in [5.41, 5.74) is 0. The van der Waals surface area contributed by atoms with Crippen molar-refractivity contribution in [2.75, 3.05) is 40.0 Å². The van der Waals surface area contributed by atoms with Crippen molar-refractivity contribution >= 4 is 0 Å². The average Bonchev–Trinajstić information content (AvgIpc) is 2.22. The molecule has 0 unspecified atom stereocenters. The monoisotopic (exact) mass is 257 g/mol. The quantitative estimate of drug-likeness (QED) is 0.608. The van der Waals surface area contributed by atoms with Crippen LogP contribution in [-0.4, -0.2) is 56.1 Å². The van der Waals surface area contributed by atoms with Gasteiger partial charge in [-0.2, -0.15) is 13.2 Å². The standard InChI is InChI=1S/C11H22F3NO2/c1-15(6-3-2-4-8-16)7-5-9-17-10-11(12,13)14/h16H,2-10H2,1H3. The number of aliphatic hydroxyl groups is 1. The molecule has 0 saturated heterocycles. The lowest BCUT2D eigenvalue weighted by Gasteiger charge is -2.16. The van der Waals surface area contributed by atoms with Crippen LogP contribution in [0.25, 0.3) is 0 Å². The number of aliphatic hydroxyl groups excluding tert-OH is 1. The molecule has 0 aromatic heterocycles. The Balaban J connectivity index is 3.24. The van der Waals surface area contributed by atoms with E-state index in [2.05, 4.69) is 9.64 Å². The summed E-state index contributed by atoms with van der Waals surface area (Å²) >= 11 is 0. The molecule has 0 bridgehead atoms. The number of halogens is 3. The summed E-state index contributed by atoms with van der Waals surface area (Å²) in [6, 6.07) is 0. The van der Waals surface area contributed by atoms with E-state index in [1.54, 1.807) is 0 Å². The lowest BCUT2D eigenvalue weighted by molar-refractivity contribution is -0.174. The van der Waals surface area contributed by atoms with E-state index in [1.807, 2.05) is 7.05 Å². The highest BCUT2D eigenvalue weighted by atomic mass is 19.4. The zero-order valence-corrected chi connectivity index (χ0v) is 10.3. The lowest BCUT2D eigenvalue weighted by Crippen LogP contribution is -2.23. The topological polar surface area (TPSA) is 32.7 Å². The van der Waals surface area contributed by atoms with Gasteiger partial charge in [-0.25, -0.2) is 0 Å². The van der Waals surface area contributed by atoms with Gasteiger partial charge in [0.15, 0.2) is 0 Å². The van der Waals surface area contributed by atoms with Crippen LogP contribution in [0.5, 0.6) is 0 Å². The zero-order valence-electron chi connectivity index (χ0n) is 10.3. The molecule has 0 aromatic rings. The highest BCUT2D eigenvalue weighted by Gasteiger charge is 2.27. The third-order valence-corrected chi connectivity index (χ3v) is 2.29. The van der Waals surface area contributed by atoms with Crippen molar-refractivity contribution in [2.24, 2.45) is 0 Å². The smallest absolute Gasteiger partial charge is 0.396 e. The zero-order chi connectivity index (χ0) is 13.1. The van der Waals surface area contributed by atoms with E-state index in [1.165, 1.54) is 0 Å². The second-order valence-electron chi connectivity index (χ2n) is 4.11. The highest BCUT2D eigenvalue weighted by Crippen LogP contribution is 2.14. The first-order valence-corrected chi connectivity index (χ1v) is 5.89. The molecule has 0 heterocycles. The summed E-state index contributed by atoms with van der Waals surface area (Å²) in [6.45, 7) is 0.832. The summed E-state index contributed by atoms with van der Waals surface area (Å²) in [6.07, 6.45) is -0.836. The molecule has 3 nitrogen and oxygen atoms in total. The molecule has 1 N–H and O–H groups in total. The molecule has 0 amide bonds. The first kappa shape index (κ1) is 16.7. The van der Waals surface area contributed by atoms with Crippen LogP contribution in [0.3, 0.4) is 0 Å². The molecule has 0 radical (unpaired) electrons. The van der Waals surface area contributed by atoms with Gasteiger partial charge >= 0.3 is 6.18 Å². The molecule has 104 valence electrons. The minimum absolute atomic E-state index is 0.139. The van der Waals surface area contributed by atoms with Gasteiger partial charge in [-0.15, -0.1) is 0 Å². The summed E-state index contributed by atoms with van der Waals surface area (Å²) < 4.78 is 39.7. The van der Waals surface area contributed by atoms with Crippen molar-refractivity contribution in [3.63, 3.8) is 0 Å². The van der Waals surface area contributed by atoms with Crippen molar-refractivity contribution in [3.8, 4) is 0 Å². The van der Waals surface area contributed by atoms with Crippen molar-refractivity contribution in [1.82, 2.24) is 4.90 Å². The van der Waals surface area contributed by atoms with Crippen LogP contribution >= 0.6 is 0 Å². The van der Waals surface area contributed by atoms with Crippen molar-refractivity contribution in [3.05, 3.63) is 0 Å². The van der Waals surface area contributed by atoms with Crippen molar-refractivity contribution < 1.29 is 23.0 Å². The maximum absolute atomic E-state index is 11.7. The maximum atomic E-state index is 11.7. The maximum Gasteiger partial charge on any atom is 0.411 e. The van der Waals surface area contributed by atoms with Crippen LogP contribution in [0.1, 0.15) is 25.7 Å². The Morgan fingerprint density at radius 1 is 1.06 bits per heavy atom. The van der Waals surface area contributed by atoms with E-state index < -0.39 is 12.8 Å². The normalized spacial score (nSPS) is 12.4. The second-order valence-corrected chi connectivity index (χ2v) is 4.11. The second kappa shape index (κ2) is 9.67. The van der Waals surface area contributed by atoms with E-state index in [0.29, 0.717) is 6.42 Å². The van der Waals surface area contributed by atoms with Gasteiger partial charge in [0, 0.05) is 19.8 Å². The molecule has 0 aliphatic heterocycles. The summed E-state index contributed by atoms with van der Waals surface area (Å²) in [5.74, 6) is 0. The SMILES string of the molecule is CN(CCCCCO)CCCOCC(F)(F)F. The summed E-state index contributed by atoms with van der Waals surface area (Å²) in [7, 11) is 1.93. The Hall–Kier alpha value is -0.330. The molecule has 0 aliphatic carbocycles. The molecule has 0 atom stereocenters. The third-order valence-electron chi connectivity index (χ3n) is 2.29. The fraction of sp³-hybridized carbons (Fsp3) is 1.00. The number of hydrogen-bond acceptors (Lipinski definition) is 3. The first-order valence-electron chi connectivity index (χ1n) is 5.89. The van der Waals surface area contributed by atoms with Gasteiger partial charge in [0.2, 0.25) is 0 Å². The van der Waals surface area contributed by atoms with Crippen molar-refractivity contribution in [2.45, 2.75) is 31.9 Å². The number of hydrogen-bond donors (Lipinski definition) is 1. The number of nitrogens with zero attached hydrogens (tertiary/aromatic N) is 1. The molecule has 0 saturated carbocycles. The molecular formula is C11H22F3NO2. The fourth-order valence-corrected chi connectivity index (χ4v) is 1.41. The van der Waals surface area contributed by atoms with E-state index in [-0.39, 0.29) is 13.2 Å². The predicted octanol–water partition coefficient (Wildman–Crippen LogP) is 2.05. The predicted molar refractivity (Wildman–Crippen MR) is 59.9 cm³/mol. The minimum Gasteiger partial charge on any atom is -0.396 e. The highest BCUT2D eigenvalue weighted by molar-refractivity contribution is 4.53. The Kier molecular flexibility index (Phi) is 9.49.